The molecule has 1 amide bonds. The molecule has 0 aliphatic carbocycles. The van der Waals surface area contributed by atoms with Crippen molar-refractivity contribution in [2.75, 3.05) is 27.2 Å². The number of halogens is 3. The average molecular weight is 524 g/mol. The maximum absolute atomic E-state index is 13.6. The van der Waals surface area contributed by atoms with Crippen LogP contribution in [0.4, 0.5) is 18.0 Å². The zero-order chi connectivity index (χ0) is 27.6. The fraction of sp³-hybridized carbons (Fsp3) is 0.231. The van der Waals surface area contributed by atoms with Gasteiger partial charge in [0.1, 0.15) is 5.69 Å². The van der Waals surface area contributed by atoms with E-state index in [-0.39, 0.29) is 23.6 Å². The zero-order valence-electron chi connectivity index (χ0n) is 20.8. The summed E-state index contributed by atoms with van der Waals surface area (Å²) in [5, 5.41) is 16.1. The van der Waals surface area contributed by atoms with Crippen LogP contribution in [0.3, 0.4) is 0 Å². The molecule has 38 heavy (non-hydrogen) atoms. The van der Waals surface area contributed by atoms with Crippen LogP contribution in [-0.2, 0) is 6.18 Å². The van der Waals surface area contributed by atoms with Gasteiger partial charge in [0.2, 0.25) is 0 Å². The summed E-state index contributed by atoms with van der Waals surface area (Å²) in [5.41, 5.74) is -0.0242. The van der Waals surface area contributed by atoms with Crippen molar-refractivity contribution in [1.82, 2.24) is 29.1 Å². The van der Waals surface area contributed by atoms with Crippen LogP contribution in [0.15, 0.2) is 65.6 Å². The van der Waals surface area contributed by atoms with Gasteiger partial charge in [0.25, 0.3) is 0 Å². The lowest BCUT2D eigenvalue weighted by atomic mass is 10.2. The van der Waals surface area contributed by atoms with Crippen molar-refractivity contribution in [2.45, 2.75) is 13.1 Å². The lowest BCUT2D eigenvalue weighted by molar-refractivity contribution is -0.137. The number of nitriles is 1. The van der Waals surface area contributed by atoms with E-state index in [0.717, 1.165) is 21.3 Å². The van der Waals surface area contributed by atoms with E-state index in [2.05, 4.69) is 10.4 Å². The molecule has 0 bridgehead atoms. The van der Waals surface area contributed by atoms with Gasteiger partial charge in [-0.25, -0.2) is 18.8 Å². The first kappa shape index (κ1) is 26.4. The highest BCUT2D eigenvalue weighted by atomic mass is 19.4. The number of hydrogen-bond acceptors (Lipinski definition) is 5. The summed E-state index contributed by atoms with van der Waals surface area (Å²) in [6.07, 6.45) is -3.13. The molecule has 0 fully saturated rings. The summed E-state index contributed by atoms with van der Waals surface area (Å²) in [7, 11) is 3.66. The van der Waals surface area contributed by atoms with E-state index in [4.69, 9.17) is 5.26 Å². The van der Waals surface area contributed by atoms with Gasteiger partial charge >= 0.3 is 17.9 Å². The summed E-state index contributed by atoms with van der Waals surface area (Å²) in [6.45, 7) is 2.30. The molecule has 0 spiro atoms. The Labute approximate surface area is 216 Å². The monoisotopic (exact) mass is 523 g/mol. The van der Waals surface area contributed by atoms with Crippen molar-refractivity contribution >= 4 is 6.03 Å². The largest absolute Gasteiger partial charge is 0.416 e. The minimum Gasteiger partial charge on any atom is -0.336 e. The fourth-order valence-corrected chi connectivity index (χ4v) is 4.05. The van der Waals surface area contributed by atoms with Crippen LogP contribution in [0.2, 0.25) is 0 Å². The molecule has 0 aliphatic rings. The summed E-state index contributed by atoms with van der Waals surface area (Å²) in [6, 6.07) is 13.8. The van der Waals surface area contributed by atoms with E-state index in [1.807, 2.05) is 25.1 Å². The molecule has 0 saturated carbocycles. The van der Waals surface area contributed by atoms with Crippen LogP contribution in [-0.4, -0.2) is 57.0 Å². The first-order valence-corrected chi connectivity index (χ1v) is 11.5. The third kappa shape index (κ3) is 5.09. The maximum atomic E-state index is 13.6. The lowest BCUT2D eigenvalue weighted by Gasteiger charge is -2.13. The molecule has 0 atom stereocenters. The first-order valence-electron chi connectivity index (χ1n) is 11.5. The topological polar surface area (TPSA) is 101 Å². The molecule has 4 rings (SSSR count). The van der Waals surface area contributed by atoms with E-state index >= 15 is 0 Å². The minimum atomic E-state index is -4.61. The van der Waals surface area contributed by atoms with Gasteiger partial charge in [-0.05, 0) is 69.6 Å². The van der Waals surface area contributed by atoms with Gasteiger partial charge in [-0.3, -0.25) is 4.57 Å². The van der Waals surface area contributed by atoms with E-state index in [9.17, 15) is 22.8 Å². The molecular formula is C26H24F3N7O2. The Bertz CT molecular complexity index is 1570. The van der Waals surface area contributed by atoms with E-state index in [1.54, 1.807) is 37.3 Å². The number of nitrogens with one attached hydrogen (secondary N) is 1. The number of aromatic nitrogens is 4. The zero-order valence-corrected chi connectivity index (χ0v) is 20.8. The number of carbonyl (C=O) groups is 1. The highest BCUT2D eigenvalue weighted by Crippen LogP contribution is 2.32. The molecule has 196 valence electrons. The lowest BCUT2D eigenvalue weighted by Crippen LogP contribution is -2.40. The van der Waals surface area contributed by atoms with Crippen LogP contribution in [0.1, 0.15) is 16.8 Å². The number of benzene rings is 2. The summed E-state index contributed by atoms with van der Waals surface area (Å²) < 4.78 is 43.8. The Hall–Kier alpha value is -4.63. The number of rotatable bonds is 6. The summed E-state index contributed by atoms with van der Waals surface area (Å²) in [4.78, 5) is 28.8. The second-order valence-corrected chi connectivity index (χ2v) is 8.76. The predicted molar refractivity (Wildman–Crippen MR) is 134 cm³/mol. The standard InChI is InChI=1S/C26H24F3N7O2/c1-17-23(22-11-12-32-36(22)20-9-7-18(16-30)8-10-20)35(24(37)31-13-14-33(2)3)25(38)34(17)21-6-4-5-19(15-21)26(27,28)29/h4-12,15H,13-14H2,1-3H3,(H,31,37). The Morgan fingerprint density at radius 1 is 1.11 bits per heavy atom. The van der Waals surface area contributed by atoms with Gasteiger partial charge in [-0.15, -0.1) is 0 Å². The molecule has 9 nitrogen and oxygen atoms in total. The van der Waals surface area contributed by atoms with Crippen molar-refractivity contribution in [3.8, 4) is 28.8 Å². The molecule has 2 aromatic carbocycles. The van der Waals surface area contributed by atoms with Gasteiger partial charge < -0.3 is 10.2 Å². The van der Waals surface area contributed by atoms with E-state index in [1.165, 1.54) is 23.0 Å². The normalized spacial score (nSPS) is 11.5. The number of alkyl halides is 3. The minimum absolute atomic E-state index is 0.0344. The van der Waals surface area contributed by atoms with E-state index < -0.39 is 23.5 Å². The first-order chi connectivity index (χ1) is 18.0. The third-order valence-electron chi connectivity index (χ3n) is 5.88. The van der Waals surface area contributed by atoms with Gasteiger partial charge in [-0.1, -0.05) is 6.07 Å². The molecule has 0 unspecified atom stereocenters. The van der Waals surface area contributed by atoms with Gasteiger partial charge in [0.15, 0.2) is 0 Å². The molecular weight excluding hydrogens is 499 g/mol. The van der Waals surface area contributed by atoms with Crippen LogP contribution in [0, 0.1) is 18.3 Å². The highest BCUT2D eigenvalue weighted by molar-refractivity contribution is 5.83. The second kappa shape index (κ2) is 10.4. The van der Waals surface area contributed by atoms with Gasteiger partial charge in [0.05, 0.1) is 46.2 Å². The molecule has 2 aromatic heterocycles. The molecule has 0 saturated heterocycles. The van der Waals surface area contributed by atoms with Crippen molar-refractivity contribution in [1.29, 1.82) is 5.26 Å². The Morgan fingerprint density at radius 3 is 2.45 bits per heavy atom. The van der Waals surface area contributed by atoms with Crippen LogP contribution in [0.5, 0.6) is 0 Å². The van der Waals surface area contributed by atoms with Crippen molar-refractivity contribution in [3.05, 3.63) is 88.1 Å². The van der Waals surface area contributed by atoms with Crippen LogP contribution >= 0.6 is 0 Å². The van der Waals surface area contributed by atoms with E-state index in [0.29, 0.717) is 23.5 Å². The number of carbonyl (C=O) groups excluding carboxylic acids is 1. The molecule has 1 N–H and O–H groups in total. The maximum Gasteiger partial charge on any atom is 0.416 e. The Balaban J connectivity index is 1.92. The van der Waals surface area contributed by atoms with Crippen molar-refractivity contribution in [2.24, 2.45) is 0 Å². The molecule has 12 heteroatoms. The number of imidazole rings is 1. The van der Waals surface area contributed by atoms with Gasteiger partial charge in [0, 0.05) is 13.1 Å². The van der Waals surface area contributed by atoms with Crippen molar-refractivity contribution < 1.29 is 18.0 Å². The summed E-state index contributed by atoms with van der Waals surface area (Å²) in [5.74, 6) is 0. The third-order valence-corrected chi connectivity index (χ3v) is 5.88. The predicted octanol–water partition coefficient (Wildman–Crippen LogP) is 3.81. The Kier molecular flexibility index (Phi) is 7.23. The molecule has 4 aromatic rings. The second-order valence-electron chi connectivity index (χ2n) is 8.76. The van der Waals surface area contributed by atoms with Gasteiger partial charge in [-0.2, -0.15) is 23.5 Å². The van der Waals surface area contributed by atoms with Crippen LogP contribution in [0.25, 0.3) is 22.8 Å². The molecule has 0 aliphatic heterocycles. The molecule has 0 radical (unpaired) electrons. The number of amides is 1. The highest BCUT2D eigenvalue weighted by Gasteiger charge is 2.32. The number of nitrogens with zero attached hydrogens (tertiary/aromatic N) is 6. The number of likely N-dealkylation sites (N-methyl/N-ethyl adjacent to an activating group) is 1. The van der Waals surface area contributed by atoms with Crippen molar-refractivity contribution in [3.63, 3.8) is 0 Å². The molecule has 2 heterocycles. The summed E-state index contributed by atoms with van der Waals surface area (Å²) >= 11 is 0. The Morgan fingerprint density at radius 2 is 1.82 bits per heavy atom. The smallest absolute Gasteiger partial charge is 0.336 e. The fourth-order valence-electron chi connectivity index (χ4n) is 4.05. The SMILES string of the molecule is Cc1c(-c2ccnn2-c2ccc(C#N)cc2)n(C(=O)NCCN(C)C)c(=O)n1-c1cccc(C(F)(F)F)c1. The quantitative estimate of drug-likeness (QED) is 0.414. The van der Waals surface area contributed by atoms with Crippen LogP contribution < -0.4 is 11.0 Å². The number of hydrogen-bond donors (Lipinski definition) is 1. The average Bonchev–Trinajstić information content (AvgIpc) is 3.45.